The van der Waals surface area contributed by atoms with E-state index in [-0.39, 0.29) is 5.91 Å². The van der Waals surface area contributed by atoms with Crippen molar-refractivity contribution in [3.8, 4) is 0 Å². The second-order valence-corrected chi connectivity index (χ2v) is 6.02. The van der Waals surface area contributed by atoms with Crippen LogP contribution in [0.5, 0.6) is 0 Å². The Bertz CT molecular complexity index is 648. The second kappa shape index (κ2) is 7.64. The number of carbonyl (C=O) groups excluding carboxylic acids is 1. The fourth-order valence-electron chi connectivity index (χ4n) is 2.56. The number of rotatable bonds is 5. The molecule has 2 aromatic rings. The molecule has 0 aliphatic carbocycles. The maximum Gasteiger partial charge on any atom is 0.272 e. The van der Waals surface area contributed by atoms with Crippen molar-refractivity contribution in [2.75, 3.05) is 38.2 Å². The van der Waals surface area contributed by atoms with E-state index in [0.29, 0.717) is 10.7 Å². The number of nitrogens with one attached hydrogen (secondary N) is 2. The number of benzene rings is 1. The number of hydrogen-bond acceptors (Lipinski definition) is 3. The zero-order chi connectivity index (χ0) is 16.1. The summed E-state index contributed by atoms with van der Waals surface area (Å²) in [5, 5.41) is 3.37. The number of hydrogen-bond donors (Lipinski definition) is 2. The van der Waals surface area contributed by atoms with Crippen LogP contribution in [0.3, 0.4) is 0 Å². The molecule has 2 N–H and O–H groups in total. The van der Waals surface area contributed by atoms with Gasteiger partial charge in [-0.15, -0.1) is 0 Å². The maximum atomic E-state index is 12.0. The van der Waals surface area contributed by atoms with Gasteiger partial charge in [0, 0.05) is 31.5 Å². The van der Waals surface area contributed by atoms with Gasteiger partial charge in [0.25, 0.3) is 5.91 Å². The fourth-order valence-corrected chi connectivity index (χ4v) is 2.73. The molecule has 0 spiro atoms. The molecule has 0 unspecified atom stereocenters. The number of morpholine rings is 1. The van der Waals surface area contributed by atoms with Crippen molar-refractivity contribution in [3.63, 3.8) is 0 Å². The zero-order valence-corrected chi connectivity index (χ0v) is 13.6. The average molecular weight is 334 g/mol. The molecule has 2 heterocycles. The van der Waals surface area contributed by atoms with Crippen molar-refractivity contribution < 1.29 is 9.53 Å². The van der Waals surface area contributed by atoms with Crippen molar-refractivity contribution in [3.05, 3.63) is 52.8 Å². The number of ether oxygens (including phenoxy) is 1. The lowest BCUT2D eigenvalue weighted by atomic mass is 10.1. The topological polar surface area (TPSA) is 57.4 Å². The first-order chi connectivity index (χ1) is 11.2. The van der Waals surface area contributed by atoms with Crippen molar-refractivity contribution in [1.82, 2.24) is 9.88 Å². The molecule has 1 amide bonds. The Balaban J connectivity index is 1.51. The van der Waals surface area contributed by atoms with Gasteiger partial charge in [-0.25, -0.2) is 0 Å². The number of H-pyrrole nitrogens is 1. The molecular weight excluding hydrogens is 314 g/mol. The van der Waals surface area contributed by atoms with Crippen LogP contribution in [-0.4, -0.2) is 48.6 Å². The third-order valence-corrected chi connectivity index (χ3v) is 4.14. The van der Waals surface area contributed by atoms with Crippen LogP contribution in [0.25, 0.3) is 0 Å². The van der Waals surface area contributed by atoms with E-state index in [9.17, 15) is 4.79 Å². The van der Waals surface area contributed by atoms with Gasteiger partial charge in [-0.3, -0.25) is 9.69 Å². The molecule has 1 aliphatic rings. The molecule has 122 valence electrons. The summed E-state index contributed by atoms with van der Waals surface area (Å²) >= 11 is 5.80. The number of anilines is 1. The molecular formula is C17H20ClN3O2. The molecule has 0 saturated carbocycles. The summed E-state index contributed by atoms with van der Waals surface area (Å²) in [7, 11) is 0. The third-order valence-electron chi connectivity index (χ3n) is 3.92. The van der Waals surface area contributed by atoms with Gasteiger partial charge in [0.15, 0.2) is 0 Å². The van der Waals surface area contributed by atoms with Crippen molar-refractivity contribution in [2.24, 2.45) is 0 Å². The van der Waals surface area contributed by atoms with E-state index in [0.717, 1.165) is 45.0 Å². The highest BCUT2D eigenvalue weighted by Gasteiger charge is 2.10. The first-order valence-electron chi connectivity index (χ1n) is 7.75. The number of aromatic amines is 1. The molecule has 1 saturated heterocycles. The van der Waals surface area contributed by atoms with Crippen LogP contribution in [0.1, 0.15) is 16.1 Å². The van der Waals surface area contributed by atoms with Gasteiger partial charge in [0.05, 0.1) is 18.2 Å². The van der Waals surface area contributed by atoms with Gasteiger partial charge in [0.2, 0.25) is 0 Å². The molecule has 23 heavy (non-hydrogen) atoms. The minimum absolute atomic E-state index is 0.196. The predicted molar refractivity (Wildman–Crippen MR) is 91.2 cm³/mol. The number of halogens is 1. The SMILES string of the molecule is O=C(Nc1ccc(CCN2CCOCC2)cc1)c1cc(Cl)c[nH]1. The first-order valence-corrected chi connectivity index (χ1v) is 8.13. The highest BCUT2D eigenvalue weighted by atomic mass is 35.5. The summed E-state index contributed by atoms with van der Waals surface area (Å²) in [6.45, 7) is 4.71. The van der Waals surface area contributed by atoms with Gasteiger partial charge >= 0.3 is 0 Å². The highest BCUT2D eigenvalue weighted by Crippen LogP contribution is 2.14. The third kappa shape index (κ3) is 4.58. The lowest BCUT2D eigenvalue weighted by Gasteiger charge is -2.26. The molecule has 1 aromatic carbocycles. The fraction of sp³-hybridized carbons (Fsp3) is 0.353. The zero-order valence-electron chi connectivity index (χ0n) is 12.8. The maximum absolute atomic E-state index is 12.0. The molecule has 0 atom stereocenters. The van der Waals surface area contributed by atoms with Crippen LogP contribution < -0.4 is 5.32 Å². The average Bonchev–Trinajstić information content (AvgIpc) is 3.02. The Kier molecular flexibility index (Phi) is 5.33. The Morgan fingerprint density at radius 2 is 2.00 bits per heavy atom. The van der Waals surface area contributed by atoms with Gasteiger partial charge in [-0.05, 0) is 30.2 Å². The van der Waals surface area contributed by atoms with Gasteiger partial charge in [0.1, 0.15) is 5.69 Å². The Labute approximate surface area is 140 Å². The number of carbonyl (C=O) groups is 1. The van der Waals surface area contributed by atoms with Gasteiger partial charge < -0.3 is 15.0 Å². The number of nitrogens with zero attached hydrogens (tertiary/aromatic N) is 1. The number of aromatic nitrogens is 1. The van der Waals surface area contributed by atoms with Crippen LogP contribution in [-0.2, 0) is 11.2 Å². The summed E-state index contributed by atoms with van der Waals surface area (Å²) < 4.78 is 5.35. The van der Waals surface area contributed by atoms with Gasteiger partial charge in [-0.1, -0.05) is 23.7 Å². The second-order valence-electron chi connectivity index (χ2n) is 5.59. The van der Waals surface area contributed by atoms with E-state index in [2.05, 4.69) is 27.3 Å². The lowest BCUT2D eigenvalue weighted by Crippen LogP contribution is -2.37. The predicted octanol–water partition coefficient (Wildman–Crippen LogP) is 2.80. The molecule has 1 fully saturated rings. The standard InChI is InChI=1S/C17H20ClN3O2/c18-14-11-16(19-12-14)17(22)20-15-3-1-13(2-4-15)5-6-21-7-9-23-10-8-21/h1-4,11-12,19H,5-10H2,(H,20,22). The smallest absolute Gasteiger partial charge is 0.272 e. The normalized spacial score (nSPS) is 15.5. The summed E-state index contributed by atoms with van der Waals surface area (Å²) in [6.07, 6.45) is 2.59. The van der Waals surface area contributed by atoms with E-state index < -0.39 is 0 Å². The van der Waals surface area contributed by atoms with Crippen LogP contribution in [0.4, 0.5) is 5.69 Å². The minimum Gasteiger partial charge on any atom is -0.379 e. The first kappa shape index (κ1) is 16.1. The van der Waals surface area contributed by atoms with Gasteiger partial charge in [-0.2, -0.15) is 0 Å². The Morgan fingerprint density at radius 1 is 1.26 bits per heavy atom. The molecule has 3 rings (SSSR count). The molecule has 0 bridgehead atoms. The van der Waals surface area contributed by atoms with Crippen molar-refractivity contribution in [2.45, 2.75) is 6.42 Å². The van der Waals surface area contributed by atoms with Crippen LogP contribution in [0.2, 0.25) is 5.02 Å². The van der Waals surface area contributed by atoms with Crippen molar-refractivity contribution >= 4 is 23.2 Å². The van der Waals surface area contributed by atoms with E-state index in [4.69, 9.17) is 16.3 Å². The minimum atomic E-state index is -0.196. The van der Waals surface area contributed by atoms with E-state index in [1.165, 1.54) is 5.56 Å². The quantitative estimate of drug-likeness (QED) is 0.884. The highest BCUT2D eigenvalue weighted by molar-refractivity contribution is 6.31. The Morgan fingerprint density at radius 3 is 2.65 bits per heavy atom. The summed E-state index contributed by atoms with van der Waals surface area (Å²) in [4.78, 5) is 17.3. The summed E-state index contributed by atoms with van der Waals surface area (Å²) in [5.74, 6) is -0.196. The van der Waals surface area contributed by atoms with E-state index in [1.54, 1.807) is 12.3 Å². The molecule has 6 heteroatoms. The van der Waals surface area contributed by atoms with Crippen molar-refractivity contribution in [1.29, 1.82) is 0 Å². The Hall–Kier alpha value is -1.82. The molecule has 1 aliphatic heterocycles. The molecule has 0 radical (unpaired) electrons. The van der Waals surface area contributed by atoms with E-state index in [1.807, 2.05) is 12.1 Å². The molecule has 1 aromatic heterocycles. The largest absolute Gasteiger partial charge is 0.379 e. The van der Waals surface area contributed by atoms with Crippen LogP contribution >= 0.6 is 11.6 Å². The van der Waals surface area contributed by atoms with Crippen LogP contribution in [0.15, 0.2) is 36.5 Å². The number of amides is 1. The van der Waals surface area contributed by atoms with E-state index >= 15 is 0 Å². The molecule has 5 nitrogen and oxygen atoms in total. The summed E-state index contributed by atoms with van der Waals surface area (Å²) in [5.41, 5.74) is 2.49. The summed E-state index contributed by atoms with van der Waals surface area (Å²) in [6, 6.07) is 9.57. The lowest BCUT2D eigenvalue weighted by molar-refractivity contribution is 0.0384. The monoisotopic (exact) mass is 333 g/mol. The van der Waals surface area contributed by atoms with Crippen LogP contribution in [0, 0.1) is 0 Å².